The van der Waals surface area contributed by atoms with Gasteiger partial charge in [-0.05, 0) is 39.2 Å². The van der Waals surface area contributed by atoms with Crippen molar-refractivity contribution < 1.29 is 19.2 Å². The number of amides is 1. The second-order valence-electron chi connectivity index (χ2n) is 5.31. The summed E-state index contributed by atoms with van der Waals surface area (Å²) in [7, 11) is 1.65. The van der Waals surface area contributed by atoms with Crippen LogP contribution in [0.1, 0.15) is 45.4 Å². The zero-order chi connectivity index (χ0) is 15.0. The molecule has 0 saturated heterocycles. The van der Waals surface area contributed by atoms with E-state index >= 15 is 0 Å². The van der Waals surface area contributed by atoms with E-state index in [4.69, 9.17) is 4.84 Å². The Balaban J connectivity index is 2.18. The molecule has 2 N–H and O–H groups in total. The van der Waals surface area contributed by atoms with Crippen molar-refractivity contribution in [2.75, 3.05) is 13.7 Å². The lowest BCUT2D eigenvalue weighted by molar-refractivity contribution is -0.146. The first kappa shape index (κ1) is 16.8. The Morgan fingerprint density at radius 1 is 1.25 bits per heavy atom. The molecular weight excluding hydrogens is 260 g/mol. The Morgan fingerprint density at radius 3 is 2.45 bits per heavy atom. The molecule has 1 saturated carbocycles. The molecule has 20 heavy (non-hydrogen) atoms. The summed E-state index contributed by atoms with van der Waals surface area (Å²) in [5, 5.41) is 2.81. The van der Waals surface area contributed by atoms with Gasteiger partial charge in [-0.2, -0.15) is 0 Å². The van der Waals surface area contributed by atoms with Crippen molar-refractivity contribution in [3.05, 3.63) is 0 Å². The van der Waals surface area contributed by atoms with Crippen molar-refractivity contribution in [2.24, 2.45) is 5.92 Å². The fourth-order valence-electron chi connectivity index (χ4n) is 2.40. The molecular formula is C14H24N2O4. The Kier molecular flexibility index (Phi) is 7.40. The summed E-state index contributed by atoms with van der Waals surface area (Å²) in [5.41, 5.74) is 2.19. The normalized spacial score (nSPS) is 16.9. The monoisotopic (exact) mass is 284 g/mol. The molecule has 114 valence electrons. The van der Waals surface area contributed by atoms with Crippen LogP contribution in [0.25, 0.3) is 0 Å². The Labute approximate surface area is 119 Å². The summed E-state index contributed by atoms with van der Waals surface area (Å²) in [5.74, 6) is -0.852. The van der Waals surface area contributed by atoms with Gasteiger partial charge < -0.3 is 5.32 Å². The predicted molar refractivity (Wildman–Crippen MR) is 73.8 cm³/mol. The summed E-state index contributed by atoms with van der Waals surface area (Å²) < 4.78 is 0. The lowest BCUT2D eigenvalue weighted by Gasteiger charge is -2.12. The van der Waals surface area contributed by atoms with Crippen LogP contribution < -0.4 is 10.8 Å². The van der Waals surface area contributed by atoms with Crippen molar-refractivity contribution in [1.82, 2.24) is 10.8 Å². The number of hydrogen-bond donors (Lipinski definition) is 2. The third-order valence-corrected chi connectivity index (χ3v) is 3.71. The zero-order valence-corrected chi connectivity index (χ0v) is 12.2. The minimum absolute atomic E-state index is 0.0315. The molecule has 0 aromatic carbocycles. The van der Waals surface area contributed by atoms with E-state index in [0.717, 1.165) is 12.8 Å². The fourth-order valence-corrected chi connectivity index (χ4v) is 2.40. The number of Topliss-reactive ketones (excluding diaryl/α,β-unsaturated/α-hetero) is 2. The number of hydroxylamine groups is 1. The maximum absolute atomic E-state index is 11.6. The highest BCUT2D eigenvalue weighted by Crippen LogP contribution is 2.24. The minimum atomic E-state index is -0.735. The van der Waals surface area contributed by atoms with E-state index < -0.39 is 11.7 Å². The van der Waals surface area contributed by atoms with Crippen LogP contribution in [0.5, 0.6) is 0 Å². The van der Waals surface area contributed by atoms with Crippen LogP contribution in [0.3, 0.4) is 0 Å². The van der Waals surface area contributed by atoms with E-state index in [-0.39, 0.29) is 18.2 Å². The van der Waals surface area contributed by atoms with Gasteiger partial charge in [0.25, 0.3) is 0 Å². The van der Waals surface area contributed by atoms with Crippen LogP contribution >= 0.6 is 0 Å². The third-order valence-electron chi connectivity index (χ3n) is 3.71. The number of ketones is 2. The summed E-state index contributed by atoms with van der Waals surface area (Å²) >= 11 is 0. The van der Waals surface area contributed by atoms with Gasteiger partial charge in [0.2, 0.25) is 5.78 Å². The molecule has 1 aliphatic rings. The highest BCUT2D eigenvalue weighted by Gasteiger charge is 2.20. The second kappa shape index (κ2) is 8.81. The molecule has 0 radical (unpaired) electrons. The SMILES string of the molecule is CN[C@@H](CCC(=O)C(=O)NOCC1CCCC1)C(C)=O. The number of likely N-dealkylation sites (N-methyl/N-ethyl adjacent to an activating group) is 1. The molecule has 1 fully saturated rings. The summed E-state index contributed by atoms with van der Waals surface area (Å²) in [6.07, 6.45) is 5.00. The molecule has 6 heteroatoms. The van der Waals surface area contributed by atoms with Crippen molar-refractivity contribution in [3.8, 4) is 0 Å². The van der Waals surface area contributed by atoms with E-state index in [0.29, 0.717) is 18.9 Å². The average molecular weight is 284 g/mol. The highest BCUT2D eigenvalue weighted by molar-refractivity contribution is 6.35. The Bertz CT molecular complexity index is 351. The topological polar surface area (TPSA) is 84.5 Å². The van der Waals surface area contributed by atoms with Gasteiger partial charge >= 0.3 is 5.91 Å². The van der Waals surface area contributed by atoms with Crippen LogP contribution in [-0.2, 0) is 19.2 Å². The zero-order valence-electron chi connectivity index (χ0n) is 12.2. The van der Waals surface area contributed by atoms with E-state index in [2.05, 4.69) is 10.8 Å². The minimum Gasteiger partial charge on any atom is -0.311 e. The lowest BCUT2D eigenvalue weighted by atomic mass is 10.1. The molecule has 0 aromatic heterocycles. The molecule has 1 aliphatic carbocycles. The predicted octanol–water partition coefficient (Wildman–Crippen LogP) is 0.751. The second-order valence-corrected chi connectivity index (χ2v) is 5.31. The molecule has 0 aliphatic heterocycles. The van der Waals surface area contributed by atoms with Crippen LogP contribution in [0, 0.1) is 5.92 Å². The molecule has 0 aromatic rings. The summed E-state index contributed by atoms with van der Waals surface area (Å²) in [6.45, 7) is 1.92. The van der Waals surface area contributed by atoms with E-state index in [1.165, 1.54) is 19.8 Å². The van der Waals surface area contributed by atoms with Crippen molar-refractivity contribution in [1.29, 1.82) is 0 Å². The van der Waals surface area contributed by atoms with Gasteiger partial charge in [0, 0.05) is 6.42 Å². The smallest absolute Gasteiger partial charge is 0.310 e. The molecule has 6 nitrogen and oxygen atoms in total. The van der Waals surface area contributed by atoms with Crippen LogP contribution in [0.2, 0.25) is 0 Å². The van der Waals surface area contributed by atoms with Crippen LogP contribution in [-0.4, -0.2) is 37.2 Å². The van der Waals surface area contributed by atoms with Gasteiger partial charge in [0.05, 0.1) is 12.6 Å². The molecule has 0 spiro atoms. The van der Waals surface area contributed by atoms with E-state index in [9.17, 15) is 14.4 Å². The van der Waals surface area contributed by atoms with Crippen molar-refractivity contribution in [3.63, 3.8) is 0 Å². The average Bonchev–Trinajstić information content (AvgIpc) is 2.91. The molecule has 0 unspecified atom stereocenters. The maximum atomic E-state index is 11.6. The summed E-state index contributed by atoms with van der Waals surface area (Å²) in [6, 6.07) is -0.383. The van der Waals surface area contributed by atoms with Crippen molar-refractivity contribution >= 4 is 17.5 Å². The number of carbonyl (C=O) groups excluding carboxylic acids is 3. The Hall–Kier alpha value is -1.27. The number of rotatable bonds is 9. The summed E-state index contributed by atoms with van der Waals surface area (Å²) in [4.78, 5) is 39.3. The first-order valence-corrected chi connectivity index (χ1v) is 7.17. The highest BCUT2D eigenvalue weighted by atomic mass is 16.7. The first-order valence-electron chi connectivity index (χ1n) is 7.17. The van der Waals surface area contributed by atoms with Gasteiger partial charge in [0.15, 0.2) is 0 Å². The maximum Gasteiger partial charge on any atom is 0.310 e. The van der Waals surface area contributed by atoms with Gasteiger partial charge in [-0.3, -0.25) is 19.2 Å². The van der Waals surface area contributed by atoms with E-state index in [1.54, 1.807) is 7.05 Å². The molecule has 1 amide bonds. The molecule has 0 bridgehead atoms. The fraction of sp³-hybridized carbons (Fsp3) is 0.786. The van der Waals surface area contributed by atoms with Gasteiger partial charge in [-0.15, -0.1) is 0 Å². The standard InChI is InChI=1S/C14H24N2O4/c1-10(17)12(15-2)7-8-13(18)14(19)16-20-9-11-5-3-4-6-11/h11-12,15H,3-9H2,1-2H3,(H,16,19)/t12-/m0/s1. The Morgan fingerprint density at radius 2 is 1.90 bits per heavy atom. The third kappa shape index (κ3) is 5.79. The number of carbonyl (C=O) groups is 3. The van der Waals surface area contributed by atoms with Gasteiger partial charge in [-0.1, -0.05) is 12.8 Å². The largest absolute Gasteiger partial charge is 0.311 e. The number of hydrogen-bond acceptors (Lipinski definition) is 5. The van der Waals surface area contributed by atoms with Crippen LogP contribution in [0.4, 0.5) is 0 Å². The number of nitrogens with one attached hydrogen (secondary N) is 2. The quantitative estimate of drug-likeness (QED) is 0.482. The first-order chi connectivity index (χ1) is 9.54. The molecule has 1 rings (SSSR count). The molecule has 0 heterocycles. The van der Waals surface area contributed by atoms with Crippen molar-refractivity contribution in [2.45, 2.75) is 51.5 Å². The lowest BCUT2D eigenvalue weighted by Crippen LogP contribution is -2.36. The molecule has 1 atom stereocenters. The van der Waals surface area contributed by atoms with Gasteiger partial charge in [-0.25, -0.2) is 5.48 Å². The van der Waals surface area contributed by atoms with Gasteiger partial charge in [0.1, 0.15) is 5.78 Å². The van der Waals surface area contributed by atoms with E-state index in [1.807, 2.05) is 0 Å². The van der Waals surface area contributed by atoms with Crippen LogP contribution in [0.15, 0.2) is 0 Å².